The predicted octanol–water partition coefficient (Wildman–Crippen LogP) is 4.56. The Labute approximate surface area is 249 Å². The molecule has 0 fully saturated rings. The number of nitrogens with one attached hydrogen (secondary N) is 2. The number of carbonyl (C=O) groups excluding carboxylic acids is 3. The van der Waals surface area contributed by atoms with E-state index < -0.39 is 36.2 Å². The van der Waals surface area contributed by atoms with Crippen molar-refractivity contribution in [3.63, 3.8) is 0 Å². The highest BCUT2D eigenvalue weighted by Gasteiger charge is 2.26. The van der Waals surface area contributed by atoms with Crippen LogP contribution in [0.4, 0.5) is 19.3 Å². The second kappa shape index (κ2) is 13.0. The number of carbonyl (C=O) groups is 3. The number of aryl methyl sites for hydroxylation is 1. The van der Waals surface area contributed by atoms with Crippen LogP contribution >= 0.6 is 11.6 Å². The van der Waals surface area contributed by atoms with Crippen LogP contribution in [0.25, 0.3) is 16.9 Å². The quantitative estimate of drug-likeness (QED) is 0.244. The molecule has 4 rings (SSSR count). The largest absolute Gasteiger partial charge is 0.467 e. The molecule has 16 heteroatoms. The summed E-state index contributed by atoms with van der Waals surface area (Å²) in [5.74, 6) is -1.57. The maximum atomic E-state index is 13.3. The Morgan fingerprint density at radius 2 is 1.95 bits per heavy atom. The first-order valence-corrected chi connectivity index (χ1v) is 13.2. The lowest BCUT2D eigenvalue weighted by molar-refractivity contribution is -0.143. The molecule has 0 aliphatic rings. The number of alkyl carbamates (subject to hydrolysis) is 1. The average Bonchev–Trinajstić information content (AvgIpc) is 3.54. The maximum Gasteiger partial charge on any atom is 0.408 e. The van der Waals surface area contributed by atoms with Gasteiger partial charge in [-0.2, -0.15) is 19.0 Å². The number of alkyl halides is 2. The minimum atomic E-state index is -3.15. The summed E-state index contributed by atoms with van der Waals surface area (Å²) in [4.78, 5) is 42.2. The van der Waals surface area contributed by atoms with Crippen molar-refractivity contribution in [2.24, 2.45) is 0 Å². The lowest BCUT2D eigenvalue weighted by Crippen LogP contribution is -2.44. The first-order valence-electron chi connectivity index (χ1n) is 12.8. The van der Waals surface area contributed by atoms with Crippen molar-refractivity contribution in [1.29, 1.82) is 0 Å². The number of anilines is 1. The van der Waals surface area contributed by atoms with Gasteiger partial charge in [-0.25, -0.2) is 19.1 Å². The van der Waals surface area contributed by atoms with Crippen molar-refractivity contribution >= 4 is 40.9 Å². The summed E-state index contributed by atoms with van der Waals surface area (Å²) < 4.78 is 44.0. The fraction of sp³-hybridized carbons (Fsp3) is 0.333. The molecule has 43 heavy (non-hydrogen) atoms. The molecule has 1 atom stereocenters. The van der Waals surface area contributed by atoms with Crippen molar-refractivity contribution in [3.05, 3.63) is 59.6 Å². The van der Waals surface area contributed by atoms with E-state index >= 15 is 0 Å². The van der Waals surface area contributed by atoms with E-state index in [4.69, 9.17) is 21.1 Å². The van der Waals surface area contributed by atoms with Crippen LogP contribution in [0.15, 0.2) is 49.1 Å². The van der Waals surface area contributed by atoms with E-state index in [9.17, 15) is 23.2 Å². The third-order valence-corrected chi connectivity index (χ3v) is 6.01. The molecule has 0 radical (unpaired) electrons. The molecule has 1 unspecified atom stereocenters. The SMILES string of the molecule is COC(=O)C(CCn1cc(NC(=O)c2cnn3cccnc23)c(-c2cc(Cl)ccc2OC(F)F)n1)NC(=O)OC(C)(C)C. The van der Waals surface area contributed by atoms with Crippen molar-refractivity contribution in [2.45, 2.75) is 52.0 Å². The number of hydrogen-bond donors (Lipinski definition) is 2. The Kier molecular flexibility index (Phi) is 9.43. The van der Waals surface area contributed by atoms with Gasteiger partial charge in [-0.05, 0) is 51.5 Å². The van der Waals surface area contributed by atoms with E-state index in [0.717, 1.165) is 0 Å². The molecule has 0 saturated carbocycles. The van der Waals surface area contributed by atoms with E-state index in [-0.39, 0.29) is 51.9 Å². The molecule has 2 N–H and O–H groups in total. The number of ether oxygens (including phenoxy) is 3. The van der Waals surface area contributed by atoms with Crippen molar-refractivity contribution < 1.29 is 37.4 Å². The predicted molar refractivity (Wildman–Crippen MR) is 150 cm³/mol. The Morgan fingerprint density at radius 1 is 1.19 bits per heavy atom. The van der Waals surface area contributed by atoms with Gasteiger partial charge < -0.3 is 24.8 Å². The van der Waals surface area contributed by atoms with Gasteiger partial charge in [0.1, 0.15) is 28.6 Å². The third-order valence-electron chi connectivity index (χ3n) is 5.77. The van der Waals surface area contributed by atoms with E-state index in [1.165, 1.54) is 53.1 Å². The molecular formula is C27H28ClF2N7O6. The van der Waals surface area contributed by atoms with E-state index in [1.807, 2.05) is 0 Å². The highest BCUT2D eigenvalue weighted by atomic mass is 35.5. The Hall–Kier alpha value is -4.79. The molecular weight excluding hydrogens is 592 g/mol. The van der Waals surface area contributed by atoms with Gasteiger partial charge in [-0.15, -0.1) is 0 Å². The summed E-state index contributed by atoms with van der Waals surface area (Å²) >= 11 is 6.17. The molecule has 0 spiro atoms. The van der Waals surface area contributed by atoms with Gasteiger partial charge in [-0.3, -0.25) is 9.48 Å². The Bertz CT molecular complexity index is 1640. The highest BCUT2D eigenvalue weighted by molar-refractivity contribution is 6.31. The van der Waals surface area contributed by atoms with E-state index in [2.05, 4.69) is 30.6 Å². The topological polar surface area (TPSA) is 151 Å². The summed E-state index contributed by atoms with van der Waals surface area (Å²) in [5, 5.41) is 14.0. The van der Waals surface area contributed by atoms with Crippen LogP contribution in [0.1, 0.15) is 37.6 Å². The minimum absolute atomic E-state index is 0.00563. The monoisotopic (exact) mass is 619 g/mol. The average molecular weight is 620 g/mol. The van der Waals surface area contributed by atoms with Crippen LogP contribution in [0.3, 0.4) is 0 Å². The van der Waals surface area contributed by atoms with Crippen molar-refractivity contribution in [3.8, 4) is 17.0 Å². The Morgan fingerprint density at radius 3 is 2.65 bits per heavy atom. The summed E-state index contributed by atoms with van der Waals surface area (Å²) in [7, 11) is 1.17. The second-order valence-electron chi connectivity index (χ2n) is 10.1. The second-order valence-corrected chi connectivity index (χ2v) is 10.5. The number of fused-ring (bicyclic) bond motifs is 1. The van der Waals surface area contributed by atoms with Gasteiger partial charge in [0.2, 0.25) is 0 Å². The zero-order chi connectivity index (χ0) is 31.3. The number of nitrogens with zero attached hydrogens (tertiary/aromatic N) is 5. The van der Waals surface area contributed by atoms with Crippen molar-refractivity contribution in [1.82, 2.24) is 29.7 Å². The molecule has 3 heterocycles. The maximum absolute atomic E-state index is 13.3. The van der Waals surface area contributed by atoms with Crippen LogP contribution in [-0.4, -0.2) is 67.7 Å². The molecule has 1 aromatic carbocycles. The molecule has 0 bridgehead atoms. The summed E-state index contributed by atoms with van der Waals surface area (Å²) in [6.07, 6.45) is 5.05. The fourth-order valence-electron chi connectivity index (χ4n) is 3.99. The fourth-order valence-corrected chi connectivity index (χ4v) is 4.16. The number of amides is 2. The highest BCUT2D eigenvalue weighted by Crippen LogP contribution is 2.37. The van der Waals surface area contributed by atoms with Gasteiger partial charge >= 0.3 is 18.7 Å². The van der Waals surface area contributed by atoms with Gasteiger partial charge in [0.15, 0.2) is 5.65 Å². The lowest BCUT2D eigenvalue weighted by Gasteiger charge is -2.22. The van der Waals surface area contributed by atoms with E-state index in [0.29, 0.717) is 0 Å². The number of methoxy groups -OCH3 is 1. The molecule has 13 nitrogen and oxygen atoms in total. The summed E-state index contributed by atoms with van der Waals surface area (Å²) in [6, 6.07) is 4.51. The third kappa shape index (κ3) is 7.94. The van der Waals surface area contributed by atoms with Gasteiger partial charge in [0, 0.05) is 35.7 Å². The number of rotatable bonds is 10. The first kappa shape index (κ1) is 31.2. The molecule has 0 aliphatic carbocycles. The zero-order valence-corrected chi connectivity index (χ0v) is 24.3. The standard InChI is InChI=1S/C27H28ClF2N7O6/c1-27(2,3)43-26(40)34-18(24(39)41-4)8-11-36-14-19(33-23(38)17-13-32-37-10-5-9-31-22(17)37)21(35-36)16-12-15(28)6-7-20(16)42-25(29)30/h5-7,9-10,12-14,18,25H,8,11H2,1-4H3,(H,33,38)(H,34,40). The van der Waals surface area contributed by atoms with Gasteiger partial charge in [0.25, 0.3) is 5.91 Å². The van der Waals surface area contributed by atoms with Gasteiger partial charge in [0.05, 0.1) is 19.0 Å². The normalized spacial score (nSPS) is 12.2. The smallest absolute Gasteiger partial charge is 0.408 e. The van der Waals surface area contributed by atoms with Crippen LogP contribution in [-0.2, 0) is 20.8 Å². The number of esters is 1. The molecule has 228 valence electrons. The Balaban J connectivity index is 1.67. The van der Waals surface area contributed by atoms with Crippen molar-refractivity contribution in [2.75, 3.05) is 12.4 Å². The summed E-state index contributed by atoms with van der Waals surface area (Å²) in [6.45, 7) is 1.88. The van der Waals surface area contributed by atoms with Gasteiger partial charge in [-0.1, -0.05) is 11.6 Å². The van der Waals surface area contributed by atoms with Crippen LogP contribution in [0, 0.1) is 0 Å². The number of hydrogen-bond acceptors (Lipinski definition) is 9. The van der Waals surface area contributed by atoms with Crippen LogP contribution in [0.2, 0.25) is 5.02 Å². The van der Waals surface area contributed by atoms with Crippen LogP contribution < -0.4 is 15.4 Å². The molecule has 0 aliphatic heterocycles. The van der Waals surface area contributed by atoms with E-state index in [1.54, 1.807) is 33.0 Å². The lowest BCUT2D eigenvalue weighted by atomic mass is 10.1. The summed E-state index contributed by atoms with van der Waals surface area (Å²) in [5.41, 5.74) is -0.159. The first-order chi connectivity index (χ1) is 20.3. The number of benzene rings is 1. The number of halogens is 3. The molecule has 2 amide bonds. The molecule has 0 saturated heterocycles. The zero-order valence-electron chi connectivity index (χ0n) is 23.5. The molecule has 3 aromatic heterocycles. The molecule has 4 aromatic rings. The van der Waals surface area contributed by atoms with Crippen LogP contribution in [0.5, 0.6) is 5.75 Å². The minimum Gasteiger partial charge on any atom is -0.467 e. The number of aromatic nitrogens is 5.